The normalized spacial score (nSPS) is 10.8. The Balaban J connectivity index is 2.08. The number of H-pyrrole nitrogens is 1. The van der Waals surface area contributed by atoms with E-state index in [1.807, 2.05) is 31.2 Å². The molecule has 0 saturated heterocycles. The van der Waals surface area contributed by atoms with Gasteiger partial charge in [0, 0.05) is 10.6 Å². The second-order valence-corrected chi connectivity index (χ2v) is 5.55. The molecule has 5 heteroatoms. The van der Waals surface area contributed by atoms with Crippen LogP contribution in [0.15, 0.2) is 57.3 Å². The van der Waals surface area contributed by atoms with Crippen LogP contribution in [-0.2, 0) is 0 Å². The summed E-state index contributed by atoms with van der Waals surface area (Å²) < 4.78 is 0. The van der Waals surface area contributed by atoms with Crippen molar-refractivity contribution in [2.75, 3.05) is 5.73 Å². The summed E-state index contributed by atoms with van der Waals surface area (Å²) in [4.78, 5) is 20.4. The Hall–Kier alpha value is -2.27. The molecule has 0 amide bonds. The number of anilines is 1. The minimum Gasteiger partial charge on any atom is -0.399 e. The maximum atomic E-state index is 12.1. The number of nitrogens with zero attached hydrogens (tertiary/aromatic N) is 1. The zero-order valence-electron chi connectivity index (χ0n) is 10.9. The van der Waals surface area contributed by atoms with Gasteiger partial charge >= 0.3 is 0 Å². The van der Waals surface area contributed by atoms with E-state index in [0.717, 1.165) is 10.5 Å². The monoisotopic (exact) mass is 283 g/mol. The van der Waals surface area contributed by atoms with Crippen molar-refractivity contribution in [2.45, 2.75) is 17.0 Å². The molecule has 0 spiro atoms. The molecule has 0 aliphatic rings. The Morgan fingerprint density at radius 1 is 1.20 bits per heavy atom. The van der Waals surface area contributed by atoms with Crippen LogP contribution < -0.4 is 11.3 Å². The van der Waals surface area contributed by atoms with Crippen LogP contribution >= 0.6 is 11.8 Å². The van der Waals surface area contributed by atoms with E-state index >= 15 is 0 Å². The summed E-state index contributed by atoms with van der Waals surface area (Å²) >= 11 is 1.45. The lowest BCUT2D eigenvalue weighted by atomic mass is 10.2. The molecule has 20 heavy (non-hydrogen) atoms. The van der Waals surface area contributed by atoms with Crippen molar-refractivity contribution in [3.05, 3.63) is 58.4 Å². The van der Waals surface area contributed by atoms with E-state index in [4.69, 9.17) is 5.73 Å². The first kappa shape index (κ1) is 12.7. The highest BCUT2D eigenvalue weighted by Crippen LogP contribution is 2.27. The SMILES string of the molecule is Cc1ccccc1Sc1nc2ccc(N)cc2c(=O)[nH]1. The number of benzene rings is 2. The Kier molecular flexibility index (Phi) is 3.20. The lowest BCUT2D eigenvalue weighted by Crippen LogP contribution is -2.09. The topological polar surface area (TPSA) is 71.8 Å². The average Bonchev–Trinajstić information content (AvgIpc) is 2.42. The number of hydrogen-bond acceptors (Lipinski definition) is 4. The second-order valence-electron chi connectivity index (χ2n) is 4.52. The maximum Gasteiger partial charge on any atom is 0.259 e. The molecule has 0 atom stereocenters. The minimum absolute atomic E-state index is 0.168. The Morgan fingerprint density at radius 2 is 2.00 bits per heavy atom. The van der Waals surface area contributed by atoms with Crippen molar-refractivity contribution in [1.82, 2.24) is 9.97 Å². The molecular formula is C15H13N3OS. The van der Waals surface area contributed by atoms with Gasteiger partial charge in [-0.1, -0.05) is 30.0 Å². The summed E-state index contributed by atoms with van der Waals surface area (Å²) in [6.07, 6.45) is 0. The van der Waals surface area contributed by atoms with Crippen LogP contribution in [0, 0.1) is 6.92 Å². The summed E-state index contributed by atoms with van der Waals surface area (Å²) in [6, 6.07) is 13.1. The van der Waals surface area contributed by atoms with Crippen LogP contribution in [0.5, 0.6) is 0 Å². The van der Waals surface area contributed by atoms with Gasteiger partial charge in [0.25, 0.3) is 5.56 Å². The number of nitrogens with two attached hydrogens (primary N) is 1. The molecule has 0 unspecified atom stereocenters. The summed E-state index contributed by atoms with van der Waals surface area (Å²) in [5, 5.41) is 1.10. The third-order valence-corrected chi connectivity index (χ3v) is 4.07. The molecule has 0 aliphatic carbocycles. The van der Waals surface area contributed by atoms with E-state index in [2.05, 4.69) is 9.97 Å². The standard InChI is InChI=1S/C15H13N3OS/c1-9-4-2-3-5-13(9)20-15-17-12-7-6-10(16)8-11(12)14(19)18-15/h2-8H,16H2,1H3,(H,17,18,19). The fourth-order valence-corrected chi connectivity index (χ4v) is 2.83. The molecule has 0 radical (unpaired) electrons. The Morgan fingerprint density at radius 3 is 2.80 bits per heavy atom. The number of aromatic nitrogens is 2. The van der Waals surface area contributed by atoms with Crippen molar-refractivity contribution >= 4 is 28.4 Å². The number of fused-ring (bicyclic) bond motifs is 1. The van der Waals surface area contributed by atoms with Gasteiger partial charge in [-0.05, 0) is 36.8 Å². The number of hydrogen-bond donors (Lipinski definition) is 2. The first-order valence-corrected chi connectivity index (χ1v) is 6.98. The Bertz CT molecular complexity index is 842. The van der Waals surface area contributed by atoms with Gasteiger partial charge in [-0.15, -0.1) is 0 Å². The molecule has 0 bridgehead atoms. The van der Waals surface area contributed by atoms with Crippen molar-refractivity contribution in [3.63, 3.8) is 0 Å². The van der Waals surface area contributed by atoms with Gasteiger partial charge in [-0.3, -0.25) is 4.79 Å². The van der Waals surface area contributed by atoms with Gasteiger partial charge in [0.1, 0.15) is 0 Å². The van der Waals surface area contributed by atoms with Crippen molar-refractivity contribution in [1.29, 1.82) is 0 Å². The average molecular weight is 283 g/mol. The fraction of sp³-hybridized carbons (Fsp3) is 0.0667. The van der Waals surface area contributed by atoms with E-state index in [-0.39, 0.29) is 5.56 Å². The predicted octanol–water partition coefficient (Wildman–Crippen LogP) is 2.96. The number of nitrogens with one attached hydrogen (secondary N) is 1. The first-order chi connectivity index (χ1) is 9.63. The van der Waals surface area contributed by atoms with Crippen LogP contribution in [0.25, 0.3) is 10.9 Å². The summed E-state index contributed by atoms with van der Waals surface area (Å²) in [6.45, 7) is 2.03. The molecule has 2 aromatic carbocycles. The van der Waals surface area contributed by atoms with E-state index in [1.54, 1.807) is 18.2 Å². The van der Waals surface area contributed by atoms with Crippen LogP contribution in [0.1, 0.15) is 5.56 Å². The Labute approximate surface area is 120 Å². The largest absolute Gasteiger partial charge is 0.399 e. The summed E-state index contributed by atoms with van der Waals surface area (Å²) in [7, 11) is 0. The van der Waals surface area contributed by atoms with Crippen LogP contribution in [-0.4, -0.2) is 9.97 Å². The second kappa shape index (κ2) is 5.02. The first-order valence-electron chi connectivity index (χ1n) is 6.16. The molecule has 0 saturated carbocycles. The number of nitrogen functional groups attached to an aromatic ring is 1. The molecule has 1 heterocycles. The molecule has 3 rings (SSSR count). The van der Waals surface area contributed by atoms with Gasteiger partial charge < -0.3 is 10.7 Å². The van der Waals surface area contributed by atoms with E-state index in [1.165, 1.54) is 11.8 Å². The van der Waals surface area contributed by atoms with Gasteiger partial charge in [0.05, 0.1) is 10.9 Å². The molecule has 4 nitrogen and oxygen atoms in total. The van der Waals surface area contributed by atoms with Crippen molar-refractivity contribution in [2.24, 2.45) is 0 Å². The molecule has 0 fully saturated rings. The quantitative estimate of drug-likeness (QED) is 0.560. The van der Waals surface area contributed by atoms with Crippen LogP contribution in [0.3, 0.4) is 0 Å². The number of rotatable bonds is 2. The molecule has 0 aliphatic heterocycles. The molecule has 100 valence electrons. The molecule has 3 aromatic rings. The predicted molar refractivity (Wildman–Crippen MR) is 82.1 cm³/mol. The minimum atomic E-state index is -0.168. The highest BCUT2D eigenvalue weighted by atomic mass is 32.2. The zero-order valence-corrected chi connectivity index (χ0v) is 11.7. The van der Waals surface area contributed by atoms with Crippen molar-refractivity contribution in [3.8, 4) is 0 Å². The number of aromatic amines is 1. The van der Waals surface area contributed by atoms with E-state index in [9.17, 15) is 4.79 Å². The van der Waals surface area contributed by atoms with Crippen LogP contribution in [0.4, 0.5) is 5.69 Å². The third kappa shape index (κ3) is 2.40. The lowest BCUT2D eigenvalue weighted by Gasteiger charge is -2.05. The van der Waals surface area contributed by atoms with Gasteiger partial charge in [0.15, 0.2) is 5.16 Å². The molecule has 1 aromatic heterocycles. The maximum absolute atomic E-state index is 12.1. The van der Waals surface area contributed by atoms with Crippen molar-refractivity contribution < 1.29 is 0 Å². The number of aryl methyl sites for hydroxylation is 1. The van der Waals surface area contributed by atoms with Crippen LogP contribution in [0.2, 0.25) is 0 Å². The summed E-state index contributed by atoms with van der Waals surface area (Å²) in [5.41, 5.74) is 7.88. The zero-order chi connectivity index (χ0) is 14.1. The van der Waals surface area contributed by atoms with Gasteiger partial charge in [0.2, 0.25) is 0 Å². The third-order valence-electron chi connectivity index (χ3n) is 3.01. The van der Waals surface area contributed by atoms with E-state index in [0.29, 0.717) is 21.7 Å². The molecular weight excluding hydrogens is 270 g/mol. The summed E-state index contributed by atoms with van der Waals surface area (Å²) in [5.74, 6) is 0. The molecule has 3 N–H and O–H groups in total. The fourth-order valence-electron chi connectivity index (χ4n) is 1.96. The smallest absolute Gasteiger partial charge is 0.259 e. The highest BCUT2D eigenvalue weighted by Gasteiger charge is 2.07. The van der Waals surface area contributed by atoms with Gasteiger partial charge in [-0.2, -0.15) is 0 Å². The lowest BCUT2D eigenvalue weighted by molar-refractivity contribution is 0.973. The van der Waals surface area contributed by atoms with E-state index < -0.39 is 0 Å². The van der Waals surface area contributed by atoms with Gasteiger partial charge in [-0.25, -0.2) is 4.98 Å². The highest BCUT2D eigenvalue weighted by molar-refractivity contribution is 7.99.